The quantitative estimate of drug-likeness (QED) is 0.309. The molecule has 0 heterocycles. The van der Waals surface area contributed by atoms with Crippen molar-refractivity contribution in [2.24, 2.45) is 0 Å². The van der Waals surface area contributed by atoms with Crippen LogP contribution in [0.25, 0.3) is 10.8 Å². The molecule has 0 radical (unpaired) electrons. The Morgan fingerprint density at radius 1 is 0.581 bits per heavy atom. The van der Waals surface area contributed by atoms with Crippen LogP contribution in [0.4, 0.5) is 13.2 Å². The summed E-state index contributed by atoms with van der Waals surface area (Å²) in [5, 5.41) is 1.75. The van der Waals surface area contributed by atoms with E-state index in [9.17, 15) is 13.2 Å². The maximum atomic E-state index is 14.1. The molecule has 4 rings (SSSR count). The Kier molecular flexibility index (Phi) is 5.78. The lowest BCUT2D eigenvalue weighted by molar-refractivity contribution is 0.574. The van der Waals surface area contributed by atoms with Gasteiger partial charge in [0.2, 0.25) is 0 Å². The molecule has 4 aromatic rings. The Balaban J connectivity index is 1.53. The van der Waals surface area contributed by atoms with Gasteiger partial charge in [-0.1, -0.05) is 42.7 Å². The number of halogens is 3. The number of fused-ring (bicyclic) bond motifs is 1. The molecule has 150 valence electrons. The van der Waals surface area contributed by atoms with Crippen molar-refractivity contribution in [3.8, 4) is 23.7 Å². The fraction of sp³-hybridized carbons (Fsp3) is 0.0714. The van der Waals surface area contributed by atoms with Crippen molar-refractivity contribution in [1.29, 1.82) is 0 Å². The number of aryl methyl sites for hydroxylation is 1. The summed E-state index contributed by atoms with van der Waals surface area (Å²) >= 11 is 0. The largest absolute Gasteiger partial charge is 0.207 e. The Bertz CT molecular complexity index is 1370. The monoisotopic (exact) mass is 410 g/mol. The van der Waals surface area contributed by atoms with Crippen LogP contribution >= 0.6 is 0 Å². The van der Waals surface area contributed by atoms with Crippen molar-refractivity contribution < 1.29 is 13.2 Å². The van der Waals surface area contributed by atoms with Crippen molar-refractivity contribution in [3.05, 3.63) is 118 Å². The number of hydrogen-bond acceptors (Lipinski definition) is 0. The molecule has 0 aliphatic rings. The minimum absolute atomic E-state index is 0.225. The Labute approximate surface area is 179 Å². The van der Waals surface area contributed by atoms with Crippen molar-refractivity contribution in [3.63, 3.8) is 0 Å². The van der Waals surface area contributed by atoms with Crippen LogP contribution in [0.1, 0.15) is 34.7 Å². The molecular formula is C28H17F3. The van der Waals surface area contributed by atoms with E-state index in [1.165, 1.54) is 24.3 Å². The average molecular weight is 410 g/mol. The van der Waals surface area contributed by atoms with Gasteiger partial charge in [-0.05, 0) is 83.4 Å². The van der Waals surface area contributed by atoms with Gasteiger partial charge in [-0.2, -0.15) is 0 Å². The lowest BCUT2D eigenvalue weighted by Crippen LogP contribution is -1.93. The zero-order valence-corrected chi connectivity index (χ0v) is 16.8. The maximum Gasteiger partial charge on any atom is 0.142 e. The van der Waals surface area contributed by atoms with Gasteiger partial charge in [0.1, 0.15) is 17.5 Å². The van der Waals surface area contributed by atoms with Crippen LogP contribution < -0.4 is 0 Å². The predicted molar refractivity (Wildman–Crippen MR) is 118 cm³/mol. The molecule has 0 saturated heterocycles. The van der Waals surface area contributed by atoms with Crippen molar-refractivity contribution in [1.82, 2.24) is 0 Å². The summed E-state index contributed by atoms with van der Waals surface area (Å²) in [6, 6.07) is 20.0. The molecule has 0 nitrogen and oxygen atoms in total. The highest BCUT2D eigenvalue weighted by atomic mass is 19.1. The van der Waals surface area contributed by atoms with E-state index in [1.54, 1.807) is 30.3 Å². The van der Waals surface area contributed by atoms with E-state index in [-0.39, 0.29) is 11.4 Å². The molecule has 0 atom stereocenters. The van der Waals surface area contributed by atoms with Gasteiger partial charge in [0.05, 0.1) is 5.56 Å². The van der Waals surface area contributed by atoms with Gasteiger partial charge in [-0.25, -0.2) is 13.2 Å². The fourth-order valence-corrected chi connectivity index (χ4v) is 3.16. The molecule has 0 amide bonds. The highest BCUT2D eigenvalue weighted by Gasteiger charge is 2.08. The molecule has 0 aliphatic heterocycles. The first-order valence-corrected chi connectivity index (χ1v) is 9.83. The second kappa shape index (κ2) is 8.82. The molecule has 0 spiro atoms. The average Bonchev–Trinajstić information content (AvgIpc) is 2.77. The van der Waals surface area contributed by atoms with E-state index >= 15 is 0 Å². The molecule has 31 heavy (non-hydrogen) atoms. The van der Waals surface area contributed by atoms with Crippen LogP contribution in [0.2, 0.25) is 0 Å². The summed E-state index contributed by atoms with van der Waals surface area (Å²) in [5.74, 6) is 9.99. The minimum Gasteiger partial charge on any atom is -0.207 e. The van der Waals surface area contributed by atoms with Crippen LogP contribution in [-0.2, 0) is 6.42 Å². The Morgan fingerprint density at radius 2 is 1.10 bits per heavy atom. The van der Waals surface area contributed by atoms with Gasteiger partial charge in [0, 0.05) is 16.7 Å². The summed E-state index contributed by atoms with van der Waals surface area (Å²) in [7, 11) is 0. The van der Waals surface area contributed by atoms with E-state index in [1.807, 2.05) is 25.1 Å². The summed E-state index contributed by atoms with van der Waals surface area (Å²) in [5.41, 5.74) is 2.62. The van der Waals surface area contributed by atoms with Crippen LogP contribution in [0.5, 0.6) is 0 Å². The molecule has 0 N–H and O–H groups in total. The summed E-state index contributed by atoms with van der Waals surface area (Å²) in [6.45, 7) is 1.84. The van der Waals surface area contributed by atoms with E-state index < -0.39 is 11.6 Å². The van der Waals surface area contributed by atoms with E-state index in [2.05, 4.69) is 23.7 Å². The fourth-order valence-electron chi connectivity index (χ4n) is 3.16. The number of rotatable bonds is 1. The SMILES string of the molecule is CCc1cc(F)c(C#Cc2ccc(C#Cc3ccc4cc(F)ccc4c3)cc2)c(F)c1. The third-order valence-electron chi connectivity index (χ3n) is 4.88. The number of benzene rings is 4. The van der Waals surface area contributed by atoms with Gasteiger partial charge in [0.15, 0.2) is 0 Å². The summed E-state index contributed by atoms with van der Waals surface area (Å²) in [6.07, 6.45) is 0.557. The first kappa shape index (κ1) is 20.3. The highest BCUT2D eigenvalue weighted by molar-refractivity contribution is 5.84. The lowest BCUT2D eigenvalue weighted by atomic mass is 10.1. The molecule has 0 aromatic heterocycles. The molecule has 3 heteroatoms. The van der Waals surface area contributed by atoms with Gasteiger partial charge in [-0.3, -0.25) is 0 Å². The standard InChI is InChI=1S/C28H17F3/c1-2-19-16-27(30)26(28(31)17-19)14-10-21-5-3-20(4-6-21)7-8-22-9-11-24-18-25(29)13-12-23(24)15-22/h3-6,9,11-13,15-18H,2H2,1H3. The van der Waals surface area contributed by atoms with Crippen molar-refractivity contribution >= 4 is 10.8 Å². The van der Waals surface area contributed by atoms with E-state index in [0.717, 1.165) is 21.9 Å². The Hall–Kier alpha value is -3.95. The van der Waals surface area contributed by atoms with Gasteiger partial charge in [-0.15, -0.1) is 0 Å². The van der Waals surface area contributed by atoms with Crippen LogP contribution in [0.3, 0.4) is 0 Å². The third-order valence-corrected chi connectivity index (χ3v) is 4.88. The second-order valence-corrected chi connectivity index (χ2v) is 7.07. The zero-order chi connectivity index (χ0) is 21.8. The van der Waals surface area contributed by atoms with E-state index in [4.69, 9.17) is 0 Å². The van der Waals surface area contributed by atoms with Gasteiger partial charge in [0.25, 0.3) is 0 Å². The second-order valence-electron chi connectivity index (χ2n) is 7.07. The molecule has 4 aromatic carbocycles. The normalized spacial score (nSPS) is 10.2. The van der Waals surface area contributed by atoms with E-state index in [0.29, 0.717) is 17.5 Å². The minimum atomic E-state index is -0.648. The summed E-state index contributed by atoms with van der Waals surface area (Å²) < 4.78 is 41.4. The topological polar surface area (TPSA) is 0 Å². The first-order chi connectivity index (χ1) is 15.0. The smallest absolute Gasteiger partial charge is 0.142 e. The molecule has 0 saturated carbocycles. The zero-order valence-electron chi connectivity index (χ0n) is 16.8. The van der Waals surface area contributed by atoms with Gasteiger partial charge < -0.3 is 0 Å². The van der Waals surface area contributed by atoms with Gasteiger partial charge >= 0.3 is 0 Å². The van der Waals surface area contributed by atoms with Crippen molar-refractivity contribution in [2.45, 2.75) is 13.3 Å². The molecule has 0 aliphatic carbocycles. The lowest BCUT2D eigenvalue weighted by Gasteiger charge is -2.01. The van der Waals surface area contributed by atoms with Crippen LogP contribution in [0.15, 0.2) is 72.8 Å². The maximum absolute atomic E-state index is 14.1. The predicted octanol–water partition coefficient (Wildman–Crippen LogP) is 6.62. The molecule has 0 unspecified atom stereocenters. The first-order valence-electron chi connectivity index (χ1n) is 9.83. The Morgan fingerprint density at radius 3 is 1.74 bits per heavy atom. The number of hydrogen-bond donors (Lipinski definition) is 0. The van der Waals surface area contributed by atoms with Crippen LogP contribution in [-0.4, -0.2) is 0 Å². The molecule has 0 fully saturated rings. The van der Waals surface area contributed by atoms with Crippen molar-refractivity contribution in [2.75, 3.05) is 0 Å². The third kappa shape index (κ3) is 4.80. The molecular weight excluding hydrogens is 393 g/mol. The molecule has 0 bridgehead atoms. The summed E-state index contributed by atoms with van der Waals surface area (Å²) in [4.78, 5) is 0. The highest BCUT2D eigenvalue weighted by Crippen LogP contribution is 2.17. The van der Waals surface area contributed by atoms with Crippen LogP contribution in [0, 0.1) is 41.1 Å².